The van der Waals surface area contributed by atoms with Gasteiger partial charge in [-0.25, -0.2) is 10.4 Å². The van der Waals surface area contributed by atoms with Crippen molar-refractivity contribution in [1.29, 1.82) is 0 Å². The Balaban J connectivity index is 1.49. The Bertz CT molecular complexity index is 1300. The van der Waals surface area contributed by atoms with Crippen LogP contribution in [0, 0.1) is 0 Å². The molecule has 0 radical (unpaired) electrons. The molecule has 0 aliphatic heterocycles. The fourth-order valence-electron chi connectivity index (χ4n) is 3.20. The van der Waals surface area contributed by atoms with Gasteiger partial charge in [-0.2, -0.15) is 5.10 Å². The lowest BCUT2D eigenvalue weighted by Crippen LogP contribution is -2.21. The van der Waals surface area contributed by atoms with Crippen molar-refractivity contribution in [2.24, 2.45) is 5.10 Å². The fraction of sp³-hybridized carbons (Fsp3) is 0.125. The van der Waals surface area contributed by atoms with Crippen LogP contribution in [0.4, 0.5) is 0 Å². The predicted molar refractivity (Wildman–Crippen MR) is 136 cm³/mol. The van der Waals surface area contributed by atoms with Crippen LogP contribution in [0.3, 0.4) is 0 Å². The van der Waals surface area contributed by atoms with Crippen LogP contribution < -0.4 is 5.43 Å². The number of hydrazone groups is 1. The van der Waals surface area contributed by atoms with Crippen LogP contribution in [0.1, 0.15) is 18.1 Å². The molecule has 1 aromatic heterocycles. The standard InChI is InChI=1S/C24H20BrClN4OS/c1-16(17-8-6-9-19(25)13-17)28-29-23(31)15-32-24-27-21-11-4-5-12-22(21)30(24)14-18-7-2-3-10-20(18)26/h2-13H,14-15H2,1H3,(H,29,31). The van der Waals surface area contributed by atoms with Gasteiger partial charge in [0.05, 0.1) is 29.0 Å². The van der Waals surface area contributed by atoms with Gasteiger partial charge in [-0.15, -0.1) is 0 Å². The topological polar surface area (TPSA) is 59.3 Å². The maximum Gasteiger partial charge on any atom is 0.250 e. The van der Waals surface area contributed by atoms with Crippen molar-refractivity contribution in [2.75, 3.05) is 5.75 Å². The van der Waals surface area contributed by atoms with E-state index >= 15 is 0 Å². The molecule has 32 heavy (non-hydrogen) atoms. The lowest BCUT2D eigenvalue weighted by molar-refractivity contribution is -0.118. The van der Waals surface area contributed by atoms with E-state index < -0.39 is 0 Å². The number of para-hydroxylation sites is 2. The SMILES string of the molecule is CC(=NNC(=O)CSc1nc2ccccc2n1Cc1ccccc1Cl)c1cccc(Br)c1. The molecular weight excluding hydrogens is 508 g/mol. The maximum absolute atomic E-state index is 12.5. The number of nitrogens with zero attached hydrogens (tertiary/aromatic N) is 3. The highest BCUT2D eigenvalue weighted by Crippen LogP contribution is 2.27. The molecule has 0 bridgehead atoms. The van der Waals surface area contributed by atoms with Crippen molar-refractivity contribution in [3.05, 3.63) is 93.4 Å². The highest BCUT2D eigenvalue weighted by Gasteiger charge is 2.14. The van der Waals surface area contributed by atoms with Crippen LogP contribution in [-0.4, -0.2) is 26.9 Å². The van der Waals surface area contributed by atoms with E-state index in [9.17, 15) is 4.79 Å². The highest BCUT2D eigenvalue weighted by molar-refractivity contribution is 9.10. The zero-order chi connectivity index (χ0) is 22.5. The Kier molecular flexibility index (Phi) is 7.29. The molecular formula is C24H20BrClN4OS. The van der Waals surface area contributed by atoms with Gasteiger partial charge in [0.1, 0.15) is 0 Å². The molecule has 0 saturated carbocycles. The van der Waals surface area contributed by atoms with E-state index in [1.807, 2.05) is 79.7 Å². The average molecular weight is 528 g/mol. The second-order valence-electron chi connectivity index (χ2n) is 7.09. The fourth-order valence-corrected chi connectivity index (χ4v) is 4.60. The molecule has 0 aliphatic rings. The Labute approximate surface area is 204 Å². The number of thioether (sulfide) groups is 1. The van der Waals surface area contributed by atoms with Gasteiger partial charge in [0.2, 0.25) is 0 Å². The van der Waals surface area contributed by atoms with Crippen molar-refractivity contribution in [1.82, 2.24) is 15.0 Å². The lowest BCUT2D eigenvalue weighted by Gasteiger charge is -2.10. The minimum absolute atomic E-state index is 0.194. The van der Waals surface area contributed by atoms with E-state index in [4.69, 9.17) is 16.6 Å². The molecule has 4 rings (SSSR count). The molecule has 1 heterocycles. The van der Waals surface area contributed by atoms with Gasteiger partial charge in [0.25, 0.3) is 5.91 Å². The molecule has 5 nitrogen and oxygen atoms in total. The summed E-state index contributed by atoms with van der Waals surface area (Å²) in [7, 11) is 0. The number of carbonyl (C=O) groups is 1. The Hall–Kier alpha value is -2.61. The first-order valence-corrected chi connectivity index (χ1v) is 12.1. The van der Waals surface area contributed by atoms with Gasteiger partial charge in [0.15, 0.2) is 5.16 Å². The summed E-state index contributed by atoms with van der Waals surface area (Å²) in [6, 6.07) is 23.4. The molecule has 162 valence electrons. The van der Waals surface area contributed by atoms with Gasteiger partial charge in [-0.1, -0.05) is 81.8 Å². The minimum atomic E-state index is -0.194. The average Bonchev–Trinajstić information content (AvgIpc) is 3.15. The third kappa shape index (κ3) is 5.41. The van der Waals surface area contributed by atoms with E-state index in [2.05, 4.69) is 31.0 Å². The Morgan fingerprint density at radius 3 is 2.72 bits per heavy atom. The van der Waals surface area contributed by atoms with E-state index in [1.54, 1.807) is 0 Å². The number of hydrogen-bond donors (Lipinski definition) is 1. The number of benzene rings is 3. The largest absolute Gasteiger partial charge is 0.314 e. The zero-order valence-electron chi connectivity index (χ0n) is 17.3. The minimum Gasteiger partial charge on any atom is -0.314 e. The first kappa shape index (κ1) is 22.6. The maximum atomic E-state index is 12.5. The molecule has 0 spiro atoms. The first-order valence-electron chi connectivity index (χ1n) is 9.92. The normalized spacial score (nSPS) is 11.7. The Morgan fingerprint density at radius 1 is 1.12 bits per heavy atom. The molecule has 0 unspecified atom stereocenters. The summed E-state index contributed by atoms with van der Waals surface area (Å²) in [6.07, 6.45) is 0. The number of rotatable bonds is 7. The first-order chi connectivity index (χ1) is 15.5. The van der Waals surface area contributed by atoms with Crippen molar-refractivity contribution >= 4 is 61.9 Å². The van der Waals surface area contributed by atoms with Crippen LogP contribution in [-0.2, 0) is 11.3 Å². The van der Waals surface area contributed by atoms with Crippen LogP contribution >= 0.6 is 39.3 Å². The summed E-state index contributed by atoms with van der Waals surface area (Å²) in [5.74, 6) is 0.00174. The summed E-state index contributed by atoms with van der Waals surface area (Å²) in [4.78, 5) is 17.2. The van der Waals surface area contributed by atoms with Gasteiger partial charge in [-0.05, 0) is 48.4 Å². The zero-order valence-corrected chi connectivity index (χ0v) is 20.4. The Morgan fingerprint density at radius 2 is 1.91 bits per heavy atom. The number of hydrogen-bond acceptors (Lipinski definition) is 4. The number of imidazole rings is 1. The number of halogens is 2. The summed E-state index contributed by atoms with van der Waals surface area (Å²) in [5, 5.41) is 5.69. The molecule has 1 amide bonds. The summed E-state index contributed by atoms with van der Waals surface area (Å²) < 4.78 is 3.05. The molecule has 8 heteroatoms. The number of nitrogens with one attached hydrogen (secondary N) is 1. The second kappa shape index (κ2) is 10.3. The predicted octanol–water partition coefficient (Wildman–Crippen LogP) is 6.13. The highest BCUT2D eigenvalue weighted by atomic mass is 79.9. The molecule has 4 aromatic rings. The van der Waals surface area contributed by atoms with E-state index in [-0.39, 0.29) is 11.7 Å². The third-order valence-electron chi connectivity index (χ3n) is 4.83. The molecule has 1 N–H and O–H groups in total. The third-order valence-corrected chi connectivity index (χ3v) is 6.67. The summed E-state index contributed by atoms with van der Waals surface area (Å²) in [6.45, 7) is 2.43. The van der Waals surface area contributed by atoms with Crippen molar-refractivity contribution in [2.45, 2.75) is 18.6 Å². The smallest absolute Gasteiger partial charge is 0.250 e. The van der Waals surface area contributed by atoms with Crippen LogP contribution in [0.5, 0.6) is 0 Å². The summed E-state index contributed by atoms with van der Waals surface area (Å²) in [5.41, 5.74) is 7.19. The van der Waals surface area contributed by atoms with Gasteiger partial charge < -0.3 is 4.57 Å². The molecule has 0 fully saturated rings. The number of carbonyl (C=O) groups excluding carboxylic acids is 1. The van der Waals surface area contributed by atoms with Crippen molar-refractivity contribution in [3.8, 4) is 0 Å². The lowest BCUT2D eigenvalue weighted by atomic mass is 10.1. The van der Waals surface area contributed by atoms with E-state index in [1.165, 1.54) is 11.8 Å². The quantitative estimate of drug-likeness (QED) is 0.179. The van der Waals surface area contributed by atoms with Crippen LogP contribution in [0.25, 0.3) is 11.0 Å². The molecule has 0 atom stereocenters. The van der Waals surface area contributed by atoms with Crippen LogP contribution in [0.15, 0.2) is 87.5 Å². The summed E-state index contributed by atoms with van der Waals surface area (Å²) >= 11 is 11.2. The molecule has 0 aliphatic carbocycles. The van der Waals surface area contributed by atoms with Gasteiger partial charge in [-0.3, -0.25) is 4.79 Å². The number of aromatic nitrogens is 2. The monoisotopic (exact) mass is 526 g/mol. The van der Waals surface area contributed by atoms with Crippen LogP contribution in [0.2, 0.25) is 5.02 Å². The van der Waals surface area contributed by atoms with Crippen molar-refractivity contribution < 1.29 is 4.79 Å². The van der Waals surface area contributed by atoms with Gasteiger partial charge >= 0.3 is 0 Å². The number of fused-ring (bicyclic) bond motifs is 1. The van der Waals surface area contributed by atoms with Gasteiger partial charge in [0, 0.05) is 9.50 Å². The second-order valence-corrected chi connectivity index (χ2v) is 9.36. The molecule has 3 aromatic carbocycles. The van der Waals surface area contributed by atoms with Crippen molar-refractivity contribution in [3.63, 3.8) is 0 Å². The number of amides is 1. The van der Waals surface area contributed by atoms with E-state index in [0.717, 1.165) is 37.5 Å². The van der Waals surface area contributed by atoms with E-state index in [0.29, 0.717) is 11.6 Å². The molecule has 0 saturated heterocycles.